The van der Waals surface area contributed by atoms with Crippen LogP contribution >= 0.6 is 0 Å². The van der Waals surface area contributed by atoms with Crippen molar-refractivity contribution in [3.63, 3.8) is 0 Å². The van der Waals surface area contributed by atoms with E-state index in [9.17, 15) is 4.39 Å². The van der Waals surface area contributed by atoms with Crippen LogP contribution in [0.2, 0.25) is 0 Å². The van der Waals surface area contributed by atoms with Crippen LogP contribution in [0.5, 0.6) is 0 Å². The Hall–Kier alpha value is -1.68. The molecule has 0 saturated heterocycles. The number of halogens is 1. The Morgan fingerprint density at radius 3 is 2.65 bits per heavy atom. The van der Waals surface area contributed by atoms with Crippen molar-refractivity contribution in [2.45, 2.75) is 26.3 Å². The number of aromatic nitrogens is 2. The van der Waals surface area contributed by atoms with E-state index in [2.05, 4.69) is 18.9 Å². The van der Waals surface area contributed by atoms with E-state index in [0.29, 0.717) is 18.2 Å². The van der Waals surface area contributed by atoms with Crippen molar-refractivity contribution in [3.05, 3.63) is 47.5 Å². The standard InChI is InChI=1S/C13H16FN3/c1-9(2)12-5-6-17(16-12)13-4-3-10(8-15)7-11(13)14/h3-7,9H,8,15H2,1-2H3. The summed E-state index contributed by atoms with van der Waals surface area (Å²) in [6, 6.07) is 6.87. The fraction of sp³-hybridized carbons (Fsp3) is 0.308. The van der Waals surface area contributed by atoms with Gasteiger partial charge in [0.1, 0.15) is 11.5 Å². The first-order chi connectivity index (χ1) is 8.11. The van der Waals surface area contributed by atoms with Gasteiger partial charge in [-0.25, -0.2) is 9.07 Å². The van der Waals surface area contributed by atoms with E-state index in [-0.39, 0.29) is 5.82 Å². The zero-order valence-electron chi connectivity index (χ0n) is 10.0. The molecule has 0 fully saturated rings. The summed E-state index contributed by atoms with van der Waals surface area (Å²) in [4.78, 5) is 0. The smallest absolute Gasteiger partial charge is 0.149 e. The molecule has 0 spiro atoms. The lowest BCUT2D eigenvalue weighted by molar-refractivity contribution is 0.606. The van der Waals surface area contributed by atoms with E-state index < -0.39 is 0 Å². The number of hydrogen-bond acceptors (Lipinski definition) is 2. The minimum atomic E-state index is -0.300. The Kier molecular flexibility index (Phi) is 3.24. The van der Waals surface area contributed by atoms with Gasteiger partial charge in [0.25, 0.3) is 0 Å². The predicted molar refractivity (Wildman–Crippen MR) is 65.5 cm³/mol. The van der Waals surface area contributed by atoms with Crippen LogP contribution in [0.25, 0.3) is 5.69 Å². The molecule has 2 rings (SSSR count). The molecule has 90 valence electrons. The maximum Gasteiger partial charge on any atom is 0.149 e. The number of nitrogens with zero attached hydrogens (tertiary/aromatic N) is 2. The molecular weight excluding hydrogens is 217 g/mol. The van der Waals surface area contributed by atoms with Gasteiger partial charge in [-0.3, -0.25) is 0 Å². The number of rotatable bonds is 3. The second kappa shape index (κ2) is 4.67. The largest absolute Gasteiger partial charge is 0.326 e. The molecule has 0 radical (unpaired) electrons. The Labute approximate surface area is 100 Å². The summed E-state index contributed by atoms with van der Waals surface area (Å²) in [5.74, 6) is 0.0361. The molecule has 4 heteroatoms. The van der Waals surface area contributed by atoms with Crippen molar-refractivity contribution < 1.29 is 4.39 Å². The van der Waals surface area contributed by atoms with Crippen LogP contribution in [0.1, 0.15) is 31.0 Å². The quantitative estimate of drug-likeness (QED) is 0.885. The van der Waals surface area contributed by atoms with Gasteiger partial charge in [-0.2, -0.15) is 5.10 Å². The third-order valence-corrected chi connectivity index (χ3v) is 2.70. The van der Waals surface area contributed by atoms with E-state index in [1.165, 1.54) is 6.07 Å². The van der Waals surface area contributed by atoms with Gasteiger partial charge in [0.05, 0.1) is 5.69 Å². The number of nitrogens with two attached hydrogens (primary N) is 1. The molecule has 17 heavy (non-hydrogen) atoms. The van der Waals surface area contributed by atoms with E-state index in [1.54, 1.807) is 16.9 Å². The van der Waals surface area contributed by atoms with Gasteiger partial charge in [0.15, 0.2) is 0 Å². The van der Waals surface area contributed by atoms with Crippen LogP contribution in [-0.4, -0.2) is 9.78 Å². The minimum absolute atomic E-state index is 0.300. The summed E-state index contributed by atoms with van der Waals surface area (Å²) in [5.41, 5.74) is 7.65. The summed E-state index contributed by atoms with van der Waals surface area (Å²) in [7, 11) is 0. The first kappa shape index (κ1) is 11.8. The second-order valence-corrected chi connectivity index (χ2v) is 4.33. The normalized spacial score (nSPS) is 11.1. The highest BCUT2D eigenvalue weighted by Crippen LogP contribution is 2.17. The van der Waals surface area contributed by atoms with Crippen LogP contribution in [0.15, 0.2) is 30.5 Å². The summed E-state index contributed by atoms with van der Waals surface area (Å²) in [5, 5.41) is 4.34. The van der Waals surface area contributed by atoms with Gasteiger partial charge >= 0.3 is 0 Å². The van der Waals surface area contributed by atoms with E-state index >= 15 is 0 Å². The molecule has 0 unspecified atom stereocenters. The van der Waals surface area contributed by atoms with Crippen molar-refractivity contribution >= 4 is 0 Å². The van der Waals surface area contributed by atoms with Crippen molar-refractivity contribution in [1.29, 1.82) is 0 Å². The first-order valence-corrected chi connectivity index (χ1v) is 5.66. The molecule has 3 nitrogen and oxygen atoms in total. The molecule has 0 atom stereocenters. The Morgan fingerprint density at radius 2 is 2.12 bits per heavy atom. The van der Waals surface area contributed by atoms with E-state index in [1.807, 2.05) is 12.1 Å². The zero-order valence-corrected chi connectivity index (χ0v) is 10.0. The van der Waals surface area contributed by atoms with Crippen molar-refractivity contribution in [1.82, 2.24) is 9.78 Å². The molecule has 2 aromatic rings. The highest BCUT2D eigenvalue weighted by Gasteiger charge is 2.08. The molecule has 0 aliphatic rings. The fourth-order valence-corrected chi connectivity index (χ4v) is 1.64. The highest BCUT2D eigenvalue weighted by molar-refractivity contribution is 5.36. The van der Waals surface area contributed by atoms with Gasteiger partial charge in [0, 0.05) is 12.7 Å². The topological polar surface area (TPSA) is 43.8 Å². The molecule has 0 bridgehead atoms. The molecule has 1 heterocycles. The van der Waals surface area contributed by atoms with Crippen LogP contribution in [0.3, 0.4) is 0 Å². The summed E-state index contributed by atoms with van der Waals surface area (Å²) in [6.07, 6.45) is 1.77. The SMILES string of the molecule is CC(C)c1ccn(-c2ccc(CN)cc2F)n1. The second-order valence-electron chi connectivity index (χ2n) is 4.33. The maximum absolute atomic E-state index is 13.8. The monoisotopic (exact) mass is 233 g/mol. The average molecular weight is 233 g/mol. The van der Waals surface area contributed by atoms with Gasteiger partial charge in [-0.1, -0.05) is 19.9 Å². The molecular formula is C13H16FN3. The molecule has 0 aliphatic heterocycles. The van der Waals surface area contributed by atoms with Crippen LogP contribution in [0.4, 0.5) is 4.39 Å². The predicted octanol–water partition coefficient (Wildman–Crippen LogP) is 2.59. The van der Waals surface area contributed by atoms with Gasteiger partial charge in [-0.15, -0.1) is 0 Å². The van der Waals surface area contributed by atoms with Crippen molar-refractivity contribution in [2.75, 3.05) is 0 Å². The molecule has 2 N–H and O–H groups in total. The van der Waals surface area contributed by atoms with E-state index in [0.717, 1.165) is 11.3 Å². The van der Waals surface area contributed by atoms with Gasteiger partial charge in [0.2, 0.25) is 0 Å². The van der Waals surface area contributed by atoms with Crippen molar-refractivity contribution in [2.24, 2.45) is 5.73 Å². The Balaban J connectivity index is 2.38. The molecule has 0 amide bonds. The summed E-state index contributed by atoms with van der Waals surface area (Å²) in [6.45, 7) is 4.45. The lowest BCUT2D eigenvalue weighted by Crippen LogP contribution is -2.03. The molecule has 0 saturated carbocycles. The van der Waals surface area contributed by atoms with Crippen molar-refractivity contribution in [3.8, 4) is 5.69 Å². The van der Waals surface area contributed by atoms with Gasteiger partial charge < -0.3 is 5.73 Å². The molecule has 0 aliphatic carbocycles. The fourth-order valence-electron chi connectivity index (χ4n) is 1.64. The molecule has 1 aromatic carbocycles. The number of benzene rings is 1. The Morgan fingerprint density at radius 1 is 1.35 bits per heavy atom. The summed E-state index contributed by atoms with van der Waals surface area (Å²) < 4.78 is 15.4. The average Bonchev–Trinajstić information content (AvgIpc) is 2.78. The van der Waals surface area contributed by atoms with E-state index in [4.69, 9.17) is 5.73 Å². The third kappa shape index (κ3) is 2.36. The van der Waals surface area contributed by atoms with Crippen LogP contribution in [-0.2, 0) is 6.54 Å². The van der Waals surface area contributed by atoms with Gasteiger partial charge in [-0.05, 0) is 29.7 Å². The highest BCUT2D eigenvalue weighted by atomic mass is 19.1. The minimum Gasteiger partial charge on any atom is -0.326 e. The maximum atomic E-state index is 13.8. The number of hydrogen-bond donors (Lipinski definition) is 1. The first-order valence-electron chi connectivity index (χ1n) is 5.66. The zero-order chi connectivity index (χ0) is 12.4. The molecule has 1 aromatic heterocycles. The Bertz CT molecular complexity index is 517. The third-order valence-electron chi connectivity index (χ3n) is 2.70. The van der Waals surface area contributed by atoms with Crippen LogP contribution < -0.4 is 5.73 Å². The lowest BCUT2D eigenvalue weighted by atomic mass is 10.1. The summed E-state index contributed by atoms with van der Waals surface area (Å²) >= 11 is 0. The lowest BCUT2D eigenvalue weighted by Gasteiger charge is -2.05. The van der Waals surface area contributed by atoms with Crippen LogP contribution in [0, 0.1) is 5.82 Å².